The van der Waals surface area contributed by atoms with Crippen LogP contribution in [-0.4, -0.2) is 69.2 Å². The number of rotatable bonds is 9. The van der Waals surface area contributed by atoms with Gasteiger partial charge in [-0.2, -0.15) is 0 Å². The Bertz CT molecular complexity index is 1190. The van der Waals surface area contributed by atoms with Gasteiger partial charge in [0.15, 0.2) is 12.6 Å². The van der Waals surface area contributed by atoms with E-state index in [0.29, 0.717) is 24.2 Å². The number of carboxylic acid groups (broad SMARTS) is 1. The van der Waals surface area contributed by atoms with Gasteiger partial charge in [0, 0.05) is 5.41 Å². The standard InChI is InChI=1S/C32H47N3O7/c1-7-32(41)15-12-24-22-9-8-20-16-21(10-13-30(20,5)23(22)11-14-31(24,32)6)35-42-17-25(37)33-26(18(2)3)28(38)34-27(19(4)36)29(39)40/h1,16,18-19,22-24,26-27,36,41H,8-15,17H2,2-6H3,(H,33,37)(H,34,38)(H,39,40)/t19?,22?,23?,24?,26?,27?,30-,31-,32+/m0/s1. The fourth-order valence-electron chi connectivity index (χ4n) is 8.45. The summed E-state index contributed by atoms with van der Waals surface area (Å²) in [5.74, 6) is 1.31. The molecule has 6 unspecified atom stereocenters. The third kappa shape index (κ3) is 5.70. The van der Waals surface area contributed by atoms with Crippen molar-refractivity contribution in [2.75, 3.05) is 6.61 Å². The van der Waals surface area contributed by atoms with Gasteiger partial charge >= 0.3 is 5.97 Å². The van der Waals surface area contributed by atoms with Crippen molar-refractivity contribution in [3.63, 3.8) is 0 Å². The van der Waals surface area contributed by atoms with Crippen molar-refractivity contribution in [3.8, 4) is 12.3 Å². The number of hydrogen-bond donors (Lipinski definition) is 5. The van der Waals surface area contributed by atoms with Gasteiger partial charge in [0.1, 0.15) is 11.6 Å². The quantitative estimate of drug-likeness (QED) is 0.206. The van der Waals surface area contributed by atoms with Gasteiger partial charge in [-0.3, -0.25) is 9.59 Å². The lowest BCUT2D eigenvalue weighted by Gasteiger charge is -2.58. The molecule has 232 valence electrons. The second-order valence-corrected chi connectivity index (χ2v) is 13.7. The number of terminal acetylenes is 1. The molecule has 4 rings (SSSR count). The number of nitrogens with zero attached hydrogens (tertiary/aromatic N) is 1. The molecule has 42 heavy (non-hydrogen) atoms. The molecule has 0 aromatic heterocycles. The lowest BCUT2D eigenvalue weighted by atomic mass is 9.46. The molecule has 10 heteroatoms. The number of nitrogens with one attached hydrogen (secondary N) is 2. The molecule has 5 N–H and O–H groups in total. The van der Waals surface area contributed by atoms with Crippen LogP contribution in [0.3, 0.4) is 0 Å². The minimum atomic E-state index is -1.49. The second kappa shape index (κ2) is 12.0. The predicted molar refractivity (Wildman–Crippen MR) is 157 cm³/mol. The molecule has 3 fully saturated rings. The summed E-state index contributed by atoms with van der Waals surface area (Å²) < 4.78 is 0. The topological polar surface area (TPSA) is 158 Å². The van der Waals surface area contributed by atoms with Crippen LogP contribution in [0.1, 0.15) is 86.0 Å². The van der Waals surface area contributed by atoms with Crippen LogP contribution < -0.4 is 10.6 Å². The molecule has 3 saturated carbocycles. The van der Waals surface area contributed by atoms with E-state index < -0.39 is 41.6 Å². The first kappa shape index (κ1) is 32.0. The maximum atomic E-state index is 12.7. The molecule has 0 heterocycles. The van der Waals surface area contributed by atoms with E-state index in [1.54, 1.807) is 13.8 Å². The Morgan fingerprint density at radius 2 is 1.76 bits per heavy atom. The van der Waals surface area contributed by atoms with Crippen LogP contribution in [0.4, 0.5) is 0 Å². The molecular formula is C32H47N3O7. The van der Waals surface area contributed by atoms with Gasteiger partial charge in [-0.05, 0) is 93.5 Å². The van der Waals surface area contributed by atoms with Crippen molar-refractivity contribution in [2.45, 2.75) is 110 Å². The maximum absolute atomic E-state index is 12.7. The molecule has 9 atom stereocenters. The third-order valence-electron chi connectivity index (χ3n) is 11.1. The van der Waals surface area contributed by atoms with Crippen molar-refractivity contribution in [1.29, 1.82) is 0 Å². The number of aliphatic hydroxyl groups excluding tert-OH is 1. The lowest BCUT2D eigenvalue weighted by Crippen LogP contribution is -2.56. The monoisotopic (exact) mass is 585 g/mol. The van der Waals surface area contributed by atoms with Crippen LogP contribution in [0, 0.1) is 46.8 Å². The first-order valence-corrected chi connectivity index (χ1v) is 15.3. The molecule has 0 bridgehead atoms. The average molecular weight is 586 g/mol. The summed E-state index contributed by atoms with van der Waals surface area (Å²) in [5.41, 5.74) is 0.998. The van der Waals surface area contributed by atoms with Crippen LogP contribution in [-0.2, 0) is 19.2 Å². The van der Waals surface area contributed by atoms with Crippen molar-refractivity contribution >= 4 is 23.5 Å². The normalized spacial score (nSPS) is 36.8. The van der Waals surface area contributed by atoms with Crippen LogP contribution in [0.25, 0.3) is 0 Å². The fourth-order valence-corrected chi connectivity index (χ4v) is 8.45. The van der Waals surface area contributed by atoms with Gasteiger partial charge in [-0.1, -0.05) is 44.3 Å². The van der Waals surface area contributed by atoms with Crippen molar-refractivity contribution in [2.24, 2.45) is 39.7 Å². The van der Waals surface area contributed by atoms with E-state index in [-0.39, 0.29) is 23.4 Å². The average Bonchev–Trinajstić information content (AvgIpc) is 3.20. The summed E-state index contributed by atoms with van der Waals surface area (Å²) >= 11 is 0. The zero-order valence-electron chi connectivity index (χ0n) is 25.5. The number of allylic oxidation sites excluding steroid dienone is 2. The third-order valence-corrected chi connectivity index (χ3v) is 11.1. The minimum Gasteiger partial charge on any atom is -0.480 e. The molecular weight excluding hydrogens is 538 g/mol. The second-order valence-electron chi connectivity index (χ2n) is 13.7. The Balaban J connectivity index is 1.36. The van der Waals surface area contributed by atoms with E-state index in [1.165, 1.54) is 12.5 Å². The highest BCUT2D eigenvalue weighted by Gasteiger charge is 2.63. The Morgan fingerprint density at radius 1 is 1.07 bits per heavy atom. The Morgan fingerprint density at radius 3 is 2.38 bits per heavy atom. The highest BCUT2D eigenvalue weighted by Crippen LogP contribution is 2.67. The smallest absolute Gasteiger partial charge is 0.328 e. The van der Waals surface area contributed by atoms with E-state index in [0.717, 1.165) is 50.7 Å². The highest BCUT2D eigenvalue weighted by atomic mass is 16.6. The molecule has 10 nitrogen and oxygen atoms in total. The van der Waals surface area contributed by atoms with Gasteiger partial charge in [0.2, 0.25) is 5.91 Å². The minimum absolute atomic E-state index is 0.0647. The van der Waals surface area contributed by atoms with Gasteiger partial charge in [0.05, 0.1) is 11.8 Å². The van der Waals surface area contributed by atoms with E-state index in [2.05, 4.69) is 41.6 Å². The Hall–Kier alpha value is -2.90. The van der Waals surface area contributed by atoms with Crippen molar-refractivity contribution in [1.82, 2.24) is 10.6 Å². The molecule has 0 spiro atoms. The summed E-state index contributed by atoms with van der Waals surface area (Å²) in [6.45, 7) is 8.89. The van der Waals surface area contributed by atoms with Gasteiger partial charge in [0.25, 0.3) is 5.91 Å². The fraction of sp³-hybridized carbons (Fsp3) is 0.750. The molecule has 4 aliphatic carbocycles. The Labute approximate surface area is 248 Å². The SMILES string of the molecule is C#C[C@@]1(O)CCC2C3CCC4=CC(=NOCC(=O)NC(C(=O)NC(C(=O)O)C(C)O)C(C)C)CC[C@]4(C)C3CC[C@@]21C. The molecule has 2 amide bonds. The van der Waals surface area contributed by atoms with Gasteiger partial charge in [-0.25, -0.2) is 4.79 Å². The van der Waals surface area contributed by atoms with Gasteiger partial charge in [-0.15, -0.1) is 6.42 Å². The summed E-state index contributed by atoms with van der Waals surface area (Å²) in [7, 11) is 0. The van der Waals surface area contributed by atoms with Crippen molar-refractivity contribution < 1.29 is 34.5 Å². The number of fused-ring (bicyclic) bond motifs is 5. The lowest BCUT2D eigenvalue weighted by molar-refractivity contribution is -0.145. The summed E-state index contributed by atoms with van der Waals surface area (Å²) in [4.78, 5) is 42.0. The predicted octanol–water partition coefficient (Wildman–Crippen LogP) is 2.78. The number of carbonyl (C=O) groups excluding carboxylic acids is 2. The molecule has 0 radical (unpaired) electrons. The first-order chi connectivity index (χ1) is 19.7. The number of amides is 2. The Kier molecular flexibility index (Phi) is 9.15. The largest absolute Gasteiger partial charge is 0.480 e. The van der Waals surface area contributed by atoms with E-state index in [4.69, 9.17) is 11.3 Å². The zero-order valence-corrected chi connectivity index (χ0v) is 25.5. The summed E-state index contributed by atoms with van der Waals surface area (Å²) in [6.07, 6.45) is 14.0. The van der Waals surface area contributed by atoms with Crippen LogP contribution in [0.15, 0.2) is 16.8 Å². The number of hydrogen-bond acceptors (Lipinski definition) is 7. The molecule has 4 aliphatic rings. The van der Waals surface area contributed by atoms with E-state index >= 15 is 0 Å². The molecule has 0 saturated heterocycles. The van der Waals surface area contributed by atoms with E-state index in [9.17, 15) is 29.7 Å². The van der Waals surface area contributed by atoms with E-state index in [1.807, 2.05) is 0 Å². The molecule has 0 aliphatic heterocycles. The number of aliphatic hydroxyl groups is 2. The first-order valence-electron chi connectivity index (χ1n) is 15.3. The summed E-state index contributed by atoms with van der Waals surface area (Å²) in [6, 6.07) is -2.49. The number of carboxylic acids is 1. The maximum Gasteiger partial charge on any atom is 0.328 e. The van der Waals surface area contributed by atoms with Gasteiger partial charge < -0.3 is 30.8 Å². The molecule has 0 aromatic rings. The number of oxime groups is 1. The van der Waals surface area contributed by atoms with Crippen LogP contribution in [0.2, 0.25) is 0 Å². The number of aliphatic carboxylic acids is 1. The van der Waals surface area contributed by atoms with Crippen LogP contribution >= 0.6 is 0 Å². The summed E-state index contributed by atoms with van der Waals surface area (Å²) in [5, 5.41) is 39.2. The number of carbonyl (C=O) groups is 3. The zero-order chi connectivity index (χ0) is 31.0. The molecule has 0 aromatic carbocycles. The van der Waals surface area contributed by atoms with Crippen LogP contribution in [0.5, 0.6) is 0 Å². The van der Waals surface area contributed by atoms with Crippen molar-refractivity contribution in [3.05, 3.63) is 11.6 Å². The highest BCUT2D eigenvalue weighted by molar-refractivity contribution is 5.96.